The van der Waals surface area contributed by atoms with Crippen LogP contribution >= 0.6 is 0 Å². The van der Waals surface area contributed by atoms with Crippen LogP contribution in [0.4, 0.5) is 4.79 Å². The van der Waals surface area contributed by atoms with Crippen molar-refractivity contribution in [3.05, 3.63) is 24.3 Å². The zero-order chi connectivity index (χ0) is 15.9. The Labute approximate surface area is 124 Å². The normalized spacial score (nSPS) is 22.0. The molecule has 118 valence electrons. The van der Waals surface area contributed by atoms with Crippen molar-refractivity contribution in [1.29, 1.82) is 0 Å². The fourth-order valence-corrected chi connectivity index (χ4v) is 2.25. The van der Waals surface area contributed by atoms with Gasteiger partial charge in [-0.1, -0.05) is 24.3 Å². The summed E-state index contributed by atoms with van der Waals surface area (Å²) in [6.07, 6.45) is 8.67. The summed E-state index contributed by atoms with van der Waals surface area (Å²) < 4.78 is 0. The number of nitrogens with zero attached hydrogens (tertiary/aromatic N) is 1. The summed E-state index contributed by atoms with van der Waals surface area (Å²) >= 11 is 0. The lowest BCUT2D eigenvalue weighted by molar-refractivity contribution is -0.135. The summed E-state index contributed by atoms with van der Waals surface area (Å²) in [6, 6.07) is -0.758. The molecule has 0 fully saturated rings. The van der Waals surface area contributed by atoms with Crippen molar-refractivity contribution in [3.8, 4) is 0 Å². The monoisotopic (exact) mass is 296 g/mol. The van der Waals surface area contributed by atoms with Crippen LogP contribution in [0, 0.1) is 5.41 Å². The van der Waals surface area contributed by atoms with Gasteiger partial charge >= 0.3 is 6.03 Å². The topological polar surface area (TPSA) is 104 Å². The van der Waals surface area contributed by atoms with Crippen LogP contribution in [0.5, 0.6) is 0 Å². The molecule has 4 N–H and O–H groups in total. The molecule has 1 aliphatic rings. The highest BCUT2D eigenvalue weighted by Crippen LogP contribution is 2.29. The van der Waals surface area contributed by atoms with Crippen LogP contribution in [0.2, 0.25) is 0 Å². The average molecular weight is 296 g/mol. The second-order valence-corrected chi connectivity index (χ2v) is 5.54. The summed E-state index contributed by atoms with van der Waals surface area (Å²) in [5, 5.41) is 18.0. The van der Waals surface area contributed by atoms with Gasteiger partial charge in [0.05, 0.1) is 18.1 Å². The maximum Gasteiger partial charge on any atom is 0.321 e. The first-order valence-electron chi connectivity index (χ1n) is 7.15. The van der Waals surface area contributed by atoms with E-state index in [2.05, 4.69) is 0 Å². The molecule has 2 unspecified atom stereocenters. The van der Waals surface area contributed by atoms with Gasteiger partial charge in [-0.25, -0.2) is 4.79 Å². The molecule has 0 aromatic rings. The molecule has 0 aromatic carbocycles. The van der Waals surface area contributed by atoms with Gasteiger partial charge in [0.25, 0.3) is 0 Å². The third-order valence-electron chi connectivity index (χ3n) is 3.63. The third kappa shape index (κ3) is 4.99. The SMILES string of the molecule is CC1(C(=O)N(CCCCC(O)CO)C(N)=O)C=CC=CC1. The Morgan fingerprint density at radius 1 is 1.38 bits per heavy atom. The molecule has 6 nitrogen and oxygen atoms in total. The zero-order valence-electron chi connectivity index (χ0n) is 12.4. The molecule has 3 amide bonds. The highest BCUT2D eigenvalue weighted by atomic mass is 16.3. The number of urea groups is 1. The smallest absolute Gasteiger partial charge is 0.321 e. The number of aliphatic hydroxyl groups is 2. The van der Waals surface area contributed by atoms with Gasteiger partial charge in [-0.2, -0.15) is 0 Å². The molecular formula is C15H24N2O4. The van der Waals surface area contributed by atoms with E-state index < -0.39 is 17.6 Å². The van der Waals surface area contributed by atoms with E-state index >= 15 is 0 Å². The second kappa shape index (κ2) is 7.95. The van der Waals surface area contributed by atoms with Gasteiger partial charge in [-0.15, -0.1) is 0 Å². The van der Waals surface area contributed by atoms with Crippen LogP contribution < -0.4 is 5.73 Å². The quantitative estimate of drug-likeness (QED) is 0.608. The third-order valence-corrected chi connectivity index (χ3v) is 3.63. The minimum Gasteiger partial charge on any atom is -0.394 e. The molecule has 0 aromatic heterocycles. The lowest BCUT2D eigenvalue weighted by Gasteiger charge is -2.30. The Morgan fingerprint density at radius 2 is 2.10 bits per heavy atom. The first-order valence-corrected chi connectivity index (χ1v) is 7.15. The highest BCUT2D eigenvalue weighted by molar-refractivity contribution is 5.97. The number of carbonyl (C=O) groups is 2. The number of aliphatic hydroxyl groups excluding tert-OH is 2. The van der Waals surface area contributed by atoms with Crippen molar-refractivity contribution < 1.29 is 19.8 Å². The van der Waals surface area contributed by atoms with Gasteiger partial charge in [0.15, 0.2) is 0 Å². The van der Waals surface area contributed by atoms with Gasteiger partial charge in [0.1, 0.15) is 0 Å². The van der Waals surface area contributed by atoms with Crippen LogP contribution in [-0.2, 0) is 4.79 Å². The van der Waals surface area contributed by atoms with E-state index in [0.29, 0.717) is 25.7 Å². The number of hydrogen-bond donors (Lipinski definition) is 3. The van der Waals surface area contributed by atoms with E-state index in [1.807, 2.05) is 12.2 Å². The van der Waals surface area contributed by atoms with Crippen molar-refractivity contribution in [2.75, 3.05) is 13.2 Å². The van der Waals surface area contributed by atoms with Gasteiger partial charge in [-0.05, 0) is 32.6 Å². The molecule has 0 aliphatic heterocycles. The Hall–Kier alpha value is -1.66. The number of amides is 3. The summed E-state index contributed by atoms with van der Waals surface area (Å²) in [6.45, 7) is 1.72. The molecule has 0 saturated heterocycles. The van der Waals surface area contributed by atoms with Crippen molar-refractivity contribution in [1.82, 2.24) is 4.90 Å². The minimum atomic E-state index is -0.758. The van der Waals surface area contributed by atoms with Gasteiger partial charge in [0.2, 0.25) is 5.91 Å². The average Bonchev–Trinajstić information content (AvgIpc) is 2.46. The molecule has 6 heteroatoms. The molecular weight excluding hydrogens is 272 g/mol. The molecule has 2 atom stereocenters. The van der Waals surface area contributed by atoms with Crippen LogP contribution in [0.1, 0.15) is 32.6 Å². The fraction of sp³-hybridized carbons (Fsp3) is 0.600. The molecule has 0 bridgehead atoms. The van der Waals surface area contributed by atoms with E-state index in [9.17, 15) is 14.7 Å². The summed E-state index contributed by atoms with van der Waals surface area (Å²) in [5.74, 6) is -0.307. The van der Waals surface area contributed by atoms with E-state index in [1.54, 1.807) is 19.1 Å². The number of primary amides is 1. The van der Waals surface area contributed by atoms with Crippen molar-refractivity contribution in [2.24, 2.45) is 11.1 Å². The molecule has 0 heterocycles. The van der Waals surface area contributed by atoms with Crippen LogP contribution in [-0.4, -0.2) is 46.3 Å². The Bertz CT molecular complexity index is 433. The van der Waals surface area contributed by atoms with Crippen LogP contribution in [0.15, 0.2) is 24.3 Å². The van der Waals surface area contributed by atoms with Crippen molar-refractivity contribution >= 4 is 11.9 Å². The van der Waals surface area contributed by atoms with Gasteiger partial charge in [-0.3, -0.25) is 9.69 Å². The van der Waals surface area contributed by atoms with Crippen molar-refractivity contribution in [3.63, 3.8) is 0 Å². The lowest BCUT2D eigenvalue weighted by Crippen LogP contribution is -2.48. The van der Waals surface area contributed by atoms with Crippen molar-refractivity contribution in [2.45, 2.75) is 38.7 Å². The Balaban J connectivity index is 2.57. The standard InChI is InChI=1S/C15H24N2O4/c1-15(8-4-2-5-9-15)13(20)17(14(16)21)10-6-3-7-12(19)11-18/h2,4-5,8,12,18-19H,3,6-7,9-11H2,1H3,(H2,16,21). The number of unbranched alkanes of at least 4 members (excludes halogenated alkanes) is 1. The number of rotatable bonds is 7. The van der Waals surface area contributed by atoms with Crippen LogP contribution in [0.3, 0.4) is 0 Å². The van der Waals surface area contributed by atoms with E-state index in [0.717, 1.165) is 4.90 Å². The fourth-order valence-electron chi connectivity index (χ4n) is 2.25. The number of carbonyl (C=O) groups excluding carboxylic acids is 2. The van der Waals surface area contributed by atoms with Gasteiger partial charge in [0, 0.05) is 6.54 Å². The zero-order valence-corrected chi connectivity index (χ0v) is 12.4. The highest BCUT2D eigenvalue weighted by Gasteiger charge is 2.35. The summed E-state index contributed by atoms with van der Waals surface area (Å²) in [4.78, 5) is 25.1. The van der Waals surface area contributed by atoms with Gasteiger partial charge < -0.3 is 15.9 Å². The second-order valence-electron chi connectivity index (χ2n) is 5.54. The molecule has 0 saturated carbocycles. The number of allylic oxidation sites excluding steroid dienone is 3. The maximum absolute atomic E-state index is 12.5. The molecule has 0 radical (unpaired) electrons. The summed E-state index contributed by atoms with van der Waals surface area (Å²) in [7, 11) is 0. The molecule has 0 spiro atoms. The number of nitrogens with two attached hydrogens (primary N) is 1. The van der Waals surface area contributed by atoms with Crippen LogP contribution in [0.25, 0.3) is 0 Å². The number of hydrogen-bond acceptors (Lipinski definition) is 4. The van der Waals surface area contributed by atoms with E-state index in [-0.39, 0.29) is 19.1 Å². The number of imide groups is 1. The predicted octanol–water partition coefficient (Wildman–Crippen LogP) is 0.940. The predicted molar refractivity (Wildman–Crippen MR) is 79.2 cm³/mol. The Kier molecular flexibility index (Phi) is 6.58. The minimum absolute atomic E-state index is 0.222. The van der Waals surface area contributed by atoms with E-state index in [4.69, 9.17) is 10.8 Å². The lowest BCUT2D eigenvalue weighted by atomic mass is 9.82. The Morgan fingerprint density at radius 3 is 2.62 bits per heavy atom. The molecule has 1 aliphatic carbocycles. The first kappa shape index (κ1) is 17.4. The first-order chi connectivity index (χ1) is 9.90. The van der Waals surface area contributed by atoms with E-state index in [1.165, 1.54) is 0 Å². The largest absolute Gasteiger partial charge is 0.394 e. The molecule has 1 rings (SSSR count). The summed E-state index contributed by atoms with van der Waals surface area (Å²) in [5.41, 5.74) is 4.56. The molecule has 21 heavy (non-hydrogen) atoms. The maximum atomic E-state index is 12.5.